The Hall–Kier alpha value is -3.01. The maximum Gasteiger partial charge on any atom is 0.329 e. The van der Waals surface area contributed by atoms with E-state index in [1.165, 1.54) is 11.0 Å². The molecular weight excluding hydrogens is 426 g/mol. The first-order valence-electron chi connectivity index (χ1n) is 10.9. The monoisotopic (exact) mass is 453 g/mol. The topological polar surface area (TPSA) is 105 Å². The summed E-state index contributed by atoms with van der Waals surface area (Å²) in [4.78, 5) is 42.4. The lowest BCUT2D eigenvalue weighted by Gasteiger charge is -2.35. The van der Waals surface area contributed by atoms with Crippen molar-refractivity contribution in [1.29, 1.82) is 0 Å². The first-order chi connectivity index (χ1) is 15.4. The minimum atomic E-state index is -0.448. The second-order valence-corrected chi connectivity index (χ2v) is 9.90. The van der Waals surface area contributed by atoms with Crippen LogP contribution in [-0.2, 0) is 13.6 Å². The lowest BCUT2D eigenvalue weighted by atomic mass is 9.92. The van der Waals surface area contributed by atoms with Crippen molar-refractivity contribution in [2.24, 2.45) is 18.9 Å². The predicted octanol–water partition coefficient (Wildman–Crippen LogP) is 2.57. The zero-order chi connectivity index (χ0) is 22.4. The molecule has 0 unspecified atom stereocenters. The van der Waals surface area contributed by atoms with E-state index in [0.717, 1.165) is 35.2 Å². The van der Waals surface area contributed by atoms with Gasteiger partial charge < -0.3 is 14.5 Å². The number of aryl methyl sites for hydroxylation is 2. The predicted molar refractivity (Wildman–Crippen MR) is 128 cm³/mol. The van der Waals surface area contributed by atoms with Crippen molar-refractivity contribution >= 4 is 39.9 Å². The molecule has 1 aliphatic heterocycles. The molecule has 0 aliphatic carbocycles. The maximum atomic E-state index is 12.8. The fourth-order valence-electron chi connectivity index (χ4n) is 4.73. The van der Waals surface area contributed by atoms with Gasteiger partial charge in [0.1, 0.15) is 0 Å². The van der Waals surface area contributed by atoms with Gasteiger partial charge in [0.2, 0.25) is 5.95 Å². The molecule has 1 aliphatic rings. The molecule has 2 atom stereocenters. The standard InChI is InChI=1S/C22H27N7O2S/c1-13-10-14(2)12-28(11-13)21-25-18-17(19(30)26-22(31)27(18)3)29(21)8-9-32-20-23-15-6-4-5-7-16(15)24-20/h4-7,13-14H,8-12H2,1-3H3,(H,23,24)(H,26,30,31)/t13-,14-/m1/s1. The van der Waals surface area contributed by atoms with Crippen molar-refractivity contribution in [2.75, 3.05) is 23.7 Å². The molecule has 4 aromatic rings. The SMILES string of the molecule is C[C@@H]1C[C@@H](C)CN(c2nc3c(c(=O)[nH]c(=O)n3C)n2CCSc2nc3ccccc3[nH]2)C1. The molecule has 10 heteroatoms. The summed E-state index contributed by atoms with van der Waals surface area (Å²) in [6, 6.07) is 7.94. The molecule has 0 bridgehead atoms. The van der Waals surface area contributed by atoms with E-state index >= 15 is 0 Å². The third-order valence-corrected chi connectivity index (χ3v) is 6.91. The average molecular weight is 454 g/mol. The Morgan fingerprint density at radius 3 is 2.59 bits per heavy atom. The van der Waals surface area contributed by atoms with E-state index in [-0.39, 0.29) is 0 Å². The summed E-state index contributed by atoms with van der Waals surface area (Å²) in [5.41, 5.74) is 1.97. The molecule has 3 aromatic heterocycles. The summed E-state index contributed by atoms with van der Waals surface area (Å²) >= 11 is 1.61. The second kappa shape index (κ2) is 8.16. The van der Waals surface area contributed by atoms with Gasteiger partial charge in [-0.15, -0.1) is 0 Å². The van der Waals surface area contributed by atoms with Gasteiger partial charge in [0, 0.05) is 32.4 Å². The number of aromatic nitrogens is 6. The number of nitrogens with zero attached hydrogens (tertiary/aromatic N) is 5. The van der Waals surface area contributed by atoms with Crippen LogP contribution >= 0.6 is 11.8 Å². The normalized spacial score (nSPS) is 19.3. The number of rotatable bonds is 5. The van der Waals surface area contributed by atoms with Crippen LogP contribution in [0.1, 0.15) is 20.3 Å². The highest BCUT2D eigenvalue weighted by Crippen LogP contribution is 2.28. The molecule has 0 radical (unpaired) electrons. The zero-order valence-corrected chi connectivity index (χ0v) is 19.3. The zero-order valence-electron chi connectivity index (χ0n) is 18.5. The Bertz CT molecular complexity index is 1360. The van der Waals surface area contributed by atoms with Gasteiger partial charge in [-0.1, -0.05) is 37.7 Å². The lowest BCUT2D eigenvalue weighted by molar-refractivity contribution is 0.352. The third-order valence-electron chi connectivity index (χ3n) is 6.06. The quantitative estimate of drug-likeness (QED) is 0.450. The Morgan fingerprint density at radius 2 is 1.84 bits per heavy atom. The fraction of sp³-hybridized carbons (Fsp3) is 0.455. The van der Waals surface area contributed by atoms with Gasteiger partial charge >= 0.3 is 5.69 Å². The van der Waals surface area contributed by atoms with Crippen LogP contribution in [0.3, 0.4) is 0 Å². The van der Waals surface area contributed by atoms with Crippen LogP contribution in [-0.4, -0.2) is 47.9 Å². The number of fused-ring (bicyclic) bond motifs is 2. The van der Waals surface area contributed by atoms with Crippen LogP contribution in [0.5, 0.6) is 0 Å². The maximum absolute atomic E-state index is 12.8. The first-order valence-corrected chi connectivity index (χ1v) is 11.9. The Morgan fingerprint density at radius 1 is 1.09 bits per heavy atom. The molecule has 0 spiro atoms. The summed E-state index contributed by atoms with van der Waals surface area (Å²) in [6.07, 6.45) is 1.18. The van der Waals surface area contributed by atoms with Gasteiger partial charge in [-0.05, 0) is 30.4 Å². The number of hydrogen-bond acceptors (Lipinski definition) is 6. The van der Waals surface area contributed by atoms with Crippen molar-refractivity contribution in [1.82, 2.24) is 29.1 Å². The van der Waals surface area contributed by atoms with Crippen LogP contribution in [0, 0.1) is 11.8 Å². The van der Waals surface area contributed by atoms with Gasteiger partial charge in [-0.3, -0.25) is 14.3 Å². The largest absolute Gasteiger partial charge is 0.342 e. The summed E-state index contributed by atoms with van der Waals surface area (Å²) < 4.78 is 3.38. The smallest absolute Gasteiger partial charge is 0.329 e. The van der Waals surface area contributed by atoms with E-state index in [9.17, 15) is 9.59 Å². The van der Waals surface area contributed by atoms with Crippen LogP contribution in [0.2, 0.25) is 0 Å². The number of benzene rings is 1. The third kappa shape index (κ3) is 3.72. The van der Waals surface area contributed by atoms with E-state index in [4.69, 9.17) is 4.98 Å². The number of nitrogens with one attached hydrogen (secondary N) is 2. The van der Waals surface area contributed by atoms with Gasteiger partial charge in [0.25, 0.3) is 5.56 Å². The number of imidazole rings is 2. The number of H-pyrrole nitrogens is 2. The molecule has 32 heavy (non-hydrogen) atoms. The second-order valence-electron chi connectivity index (χ2n) is 8.81. The molecule has 168 valence electrons. The summed E-state index contributed by atoms with van der Waals surface area (Å²) in [6.45, 7) is 6.84. The molecule has 0 amide bonds. The number of hydrogen-bond donors (Lipinski definition) is 2. The average Bonchev–Trinajstić information content (AvgIpc) is 3.33. The molecule has 2 N–H and O–H groups in total. The van der Waals surface area contributed by atoms with Crippen molar-refractivity contribution in [3.63, 3.8) is 0 Å². The number of thioether (sulfide) groups is 1. The molecule has 1 saturated heterocycles. The van der Waals surface area contributed by atoms with E-state index in [0.29, 0.717) is 35.3 Å². The molecular formula is C22H27N7O2S. The van der Waals surface area contributed by atoms with E-state index < -0.39 is 11.2 Å². The molecule has 5 rings (SSSR count). The number of aromatic amines is 2. The van der Waals surface area contributed by atoms with Crippen LogP contribution in [0.25, 0.3) is 22.2 Å². The molecule has 1 fully saturated rings. The first kappa shape index (κ1) is 20.9. The molecule has 4 heterocycles. The van der Waals surface area contributed by atoms with Crippen molar-refractivity contribution in [3.05, 3.63) is 45.1 Å². The Labute approximate surface area is 188 Å². The molecule has 1 aromatic carbocycles. The van der Waals surface area contributed by atoms with Gasteiger partial charge in [-0.2, -0.15) is 4.98 Å². The number of para-hydroxylation sites is 2. The van der Waals surface area contributed by atoms with E-state index in [1.807, 2.05) is 28.8 Å². The number of piperidine rings is 1. The summed E-state index contributed by atoms with van der Waals surface area (Å²) in [5, 5.41) is 0.846. The highest BCUT2D eigenvalue weighted by molar-refractivity contribution is 7.99. The summed E-state index contributed by atoms with van der Waals surface area (Å²) in [5.74, 6) is 2.55. The van der Waals surface area contributed by atoms with Crippen molar-refractivity contribution in [2.45, 2.75) is 32.0 Å². The van der Waals surface area contributed by atoms with E-state index in [1.54, 1.807) is 18.8 Å². The van der Waals surface area contributed by atoms with Gasteiger partial charge in [-0.25, -0.2) is 9.78 Å². The lowest BCUT2D eigenvalue weighted by Crippen LogP contribution is -2.40. The molecule has 0 saturated carbocycles. The van der Waals surface area contributed by atoms with E-state index in [2.05, 4.69) is 33.7 Å². The van der Waals surface area contributed by atoms with Gasteiger partial charge in [0.15, 0.2) is 16.3 Å². The van der Waals surface area contributed by atoms with Crippen molar-refractivity contribution < 1.29 is 0 Å². The van der Waals surface area contributed by atoms with Crippen molar-refractivity contribution in [3.8, 4) is 0 Å². The minimum Gasteiger partial charge on any atom is -0.342 e. The molecule has 9 nitrogen and oxygen atoms in total. The van der Waals surface area contributed by atoms with Crippen LogP contribution < -0.4 is 16.1 Å². The van der Waals surface area contributed by atoms with Crippen LogP contribution in [0.15, 0.2) is 39.0 Å². The van der Waals surface area contributed by atoms with Crippen LogP contribution in [0.4, 0.5) is 5.95 Å². The number of anilines is 1. The highest BCUT2D eigenvalue weighted by Gasteiger charge is 2.27. The Balaban J connectivity index is 1.50. The highest BCUT2D eigenvalue weighted by atomic mass is 32.2. The van der Waals surface area contributed by atoms with Gasteiger partial charge in [0.05, 0.1) is 11.0 Å². The fourth-order valence-corrected chi connectivity index (χ4v) is 5.55. The Kier molecular flexibility index (Phi) is 5.32. The summed E-state index contributed by atoms with van der Waals surface area (Å²) in [7, 11) is 1.65. The minimum absolute atomic E-state index is 0.395.